The molecule has 0 aromatic heterocycles. The van der Waals surface area contributed by atoms with Crippen LogP contribution in [0.5, 0.6) is 0 Å². The number of carbonyl (C=O) groups excluding carboxylic acids is 1. The number of aliphatic hydroxyl groups excluding tert-OH is 1. The van der Waals surface area contributed by atoms with E-state index in [1.807, 2.05) is 5.48 Å². The summed E-state index contributed by atoms with van der Waals surface area (Å²) in [5.74, 6) is -0.405. The Morgan fingerprint density at radius 3 is 2.39 bits per heavy atom. The SMILES string of the molecule is CCO[C@@H]1[C@@H](OC)O[C@H](COC(=O)C(C)(C)C)[C@@H](O)[C@H]1NO.N. The van der Waals surface area contributed by atoms with Gasteiger partial charge in [0, 0.05) is 13.7 Å². The number of nitrogens with one attached hydrogen (secondary N) is 1. The van der Waals surface area contributed by atoms with Gasteiger partial charge in [-0.05, 0) is 27.7 Å². The van der Waals surface area contributed by atoms with Crippen LogP contribution in [0.25, 0.3) is 0 Å². The summed E-state index contributed by atoms with van der Waals surface area (Å²) in [6, 6.07) is -0.822. The van der Waals surface area contributed by atoms with Crippen molar-refractivity contribution in [2.45, 2.75) is 58.3 Å². The largest absolute Gasteiger partial charge is 0.462 e. The number of hydrogen-bond acceptors (Lipinski definition) is 9. The smallest absolute Gasteiger partial charge is 0.311 e. The number of aliphatic hydroxyl groups is 1. The highest BCUT2D eigenvalue weighted by Gasteiger charge is 2.46. The summed E-state index contributed by atoms with van der Waals surface area (Å²) in [6.07, 6.45) is -3.45. The summed E-state index contributed by atoms with van der Waals surface area (Å²) in [5, 5.41) is 19.6. The van der Waals surface area contributed by atoms with E-state index in [-0.39, 0.29) is 12.8 Å². The number of ether oxygens (including phenoxy) is 4. The molecule has 1 fully saturated rings. The second kappa shape index (κ2) is 9.48. The molecule has 1 rings (SSSR count). The van der Waals surface area contributed by atoms with Crippen LogP contribution in [0.4, 0.5) is 0 Å². The molecule has 1 aliphatic heterocycles. The first-order valence-electron chi connectivity index (χ1n) is 7.31. The second-order valence-corrected chi connectivity index (χ2v) is 6.19. The molecule has 0 aromatic carbocycles. The van der Waals surface area contributed by atoms with Gasteiger partial charge in [0.15, 0.2) is 6.29 Å². The summed E-state index contributed by atoms with van der Waals surface area (Å²) in [7, 11) is 1.43. The van der Waals surface area contributed by atoms with E-state index in [4.69, 9.17) is 18.9 Å². The Bertz CT molecular complexity index is 362. The maximum absolute atomic E-state index is 11.8. The molecule has 1 heterocycles. The van der Waals surface area contributed by atoms with Crippen LogP contribution in [0.15, 0.2) is 0 Å². The average Bonchev–Trinajstić information content (AvgIpc) is 2.45. The number of carbonyl (C=O) groups is 1. The lowest BCUT2D eigenvalue weighted by Gasteiger charge is -2.43. The lowest BCUT2D eigenvalue weighted by Crippen LogP contribution is -2.64. The molecule has 0 amide bonds. The van der Waals surface area contributed by atoms with Gasteiger partial charge in [-0.15, -0.1) is 0 Å². The van der Waals surface area contributed by atoms with E-state index in [0.717, 1.165) is 0 Å². The minimum absolute atomic E-state index is 0. The van der Waals surface area contributed by atoms with Crippen LogP contribution in [0, 0.1) is 5.41 Å². The first-order chi connectivity index (χ1) is 10.3. The Hall–Kier alpha value is -0.810. The third kappa shape index (κ3) is 5.64. The van der Waals surface area contributed by atoms with Crippen LogP contribution in [-0.4, -0.2) is 67.3 Å². The summed E-state index contributed by atoms with van der Waals surface area (Å²) in [5.41, 5.74) is 1.38. The van der Waals surface area contributed by atoms with E-state index in [9.17, 15) is 15.1 Å². The molecular weight excluding hydrogens is 308 g/mol. The summed E-state index contributed by atoms with van der Waals surface area (Å²) >= 11 is 0. The van der Waals surface area contributed by atoms with Gasteiger partial charge < -0.3 is 35.4 Å². The Morgan fingerprint density at radius 2 is 1.96 bits per heavy atom. The molecule has 23 heavy (non-hydrogen) atoms. The third-order valence-electron chi connectivity index (χ3n) is 3.41. The van der Waals surface area contributed by atoms with Crippen LogP contribution in [0.1, 0.15) is 27.7 Å². The van der Waals surface area contributed by atoms with Crippen LogP contribution in [0.3, 0.4) is 0 Å². The van der Waals surface area contributed by atoms with Gasteiger partial charge in [-0.25, -0.2) is 0 Å². The normalized spacial score (nSPS) is 31.3. The van der Waals surface area contributed by atoms with Crippen LogP contribution in [0.2, 0.25) is 0 Å². The second-order valence-electron chi connectivity index (χ2n) is 6.19. The fraction of sp³-hybridized carbons (Fsp3) is 0.929. The Labute approximate surface area is 136 Å². The van der Waals surface area contributed by atoms with Crippen molar-refractivity contribution in [2.75, 3.05) is 20.3 Å². The number of esters is 1. The Kier molecular flexibility index (Phi) is 9.14. The van der Waals surface area contributed by atoms with Crippen molar-refractivity contribution >= 4 is 5.97 Å². The van der Waals surface area contributed by atoms with Gasteiger partial charge in [0.05, 0.1) is 11.5 Å². The number of methoxy groups -OCH3 is 1. The highest BCUT2D eigenvalue weighted by Crippen LogP contribution is 2.25. The first-order valence-corrected chi connectivity index (χ1v) is 7.31. The van der Waals surface area contributed by atoms with Crippen molar-refractivity contribution in [1.29, 1.82) is 0 Å². The molecule has 1 aliphatic rings. The molecule has 9 heteroatoms. The highest BCUT2D eigenvalue weighted by atomic mass is 16.7. The molecule has 6 N–H and O–H groups in total. The van der Waals surface area contributed by atoms with Crippen molar-refractivity contribution in [2.24, 2.45) is 5.41 Å². The maximum Gasteiger partial charge on any atom is 0.311 e. The number of hydrogen-bond donors (Lipinski definition) is 4. The quantitative estimate of drug-likeness (QED) is 0.395. The molecule has 5 atom stereocenters. The van der Waals surface area contributed by atoms with E-state index in [1.54, 1.807) is 27.7 Å². The summed E-state index contributed by atoms with van der Waals surface area (Å²) < 4.78 is 21.4. The number of hydroxylamine groups is 1. The zero-order valence-electron chi connectivity index (χ0n) is 14.4. The van der Waals surface area contributed by atoms with E-state index in [0.29, 0.717) is 6.61 Å². The highest BCUT2D eigenvalue weighted by molar-refractivity contribution is 5.75. The fourth-order valence-corrected chi connectivity index (χ4v) is 2.15. The van der Waals surface area contributed by atoms with E-state index in [1.165, 1.54) is 7.11 Å². The molecule has 138 valence electrons. The predicted octanol–water partition coefficient (Wildman–Crippen LogP) is 0.222. The van der Waals surface area contributed by atoms with Crippen molar-refractivity contribution in [3.63, 3.8) is 0 Å². The molecule has 0 aromatic rings. The average molecular weight is 338 g/mol. The van der Waals surface area contributed by atoms with Gasteiger partial charge in [-0.2, -0.15) is 5.48 Å². The Morgan fingerprint density at radius 1 is 1.35 bits per heavy atom. The van der Waals surface area contributed by atoms with Crippen LogP contribution < -0.4 is 11.6 Å². The van der Waals surface area contributed by atoms with Gasteiger partial charge in [-0.1, -0.05) is 0 Å². The van der Waals surface area contributed by atoms with Gasteiger partial charge in [0.25, 0.3) is 0 Å². The standard InChI is InChI=1S/C14H27NO7.H3N/c1-6-20-11-9(15-18)10(16)8(22-12(11)19-5)7-21-13(17)14(2,3)4;/h8-12,15-16,18H,6-7H2,1-5H3;1H3/t8-,9-,10-,11+,12+;/m1./s1. The monoisotopic (exact) mass is 338 g/mol. The predicted molar refractivity (Wildman–Crippen MR) is 81.2 cm³/mol. The van der Waals surface area contributed by atoms with Gasteiger partial charge in [0.1, 0.15) is 24.9 Å². The van der Waals surface area contributed by atoms with Gasteiger partial charge in [0.2, 0.25) is 0 Å². The van der Waals surface area contributed by atoms with E-state index >= 15 is 0 Å². The molecule has 0 bridgehead atoms. The molecule has 0 spiro atoms. The first kappa shape index (κ1) is 22.2. The minimum Gasteiger partial charge on any atom is -0.462 e. The topological polar surface area (TPSA) is 141 Å². The summed E-state index contributed by atoms with van der Waals surface area (Å²) in [4.78, 5) is 11.8. The molecule has 0 unspecified atom stereocenters. The summed E-state index contributed by atoms with van der Waals surface area (Å²) in [6.45, 7) is 7.19. The Balaban J connectivity index is 0.00000484. The van der Waals surface area contributed by atoms with Crippen LogP contribution in [-0.2, 0) is 23.7 Å². The maximum atomic E-state index is 11.8. The molecule has 0 aliphatic carbocycles. The zero-order chi connectivity index (χ0) is 16.9. The van der Waals surface area contributed by atoms with Gasteiger partial charge in [-0.3, -0.25) is 4.79 Å². The van der Waals surface area contributed by atoms with E-state index < -0.39 is 42.0 Å². The molecule has 9 nitrogen and oxygen atoms in total. The third-order valence-corrected chi connectivity index (χ3v) is 3.41. The zero-order valence-corrected chi connectivity index (χ0v) is 14.4. The minimum atomic E-state index is -1.12. The lowest BCUT2D eigenvalue weighted by molar-refractivity contribution is -0.289. The fourth-order valence-electron chi connectivity index (χ4n) is 2.15. The van der Waals surface area contributed by atoms with Crippen molar-refractivity contribution in [3.05, 3.63) is 0 Å². The molecule has 0 radical (unpaired) electrons. The van der Waals surface area contributed by atoms with Gasteiger partial charge >= 0.3 is 5.97 Å². The lowest BCUT2D eigenvalue weighted by atomic mass is 9.96. The van der Waals surface area contributed by atoms with Crippen molar-refractivity contribution < 1.29 is 34.1 Å². The van der Waals surface area contributed by atoms with Crippen LogP contribution >= 0.6 is 0 Å². The molecule has 1 saturated heterocycles. The van der Waals surface area contributed by atoms with Crippen molar-refractivity contribution in [3.8, 4) is 0 Å². The molecule has 0 saturated carbocycles. The van der Waals surface area contributed by atoms with Crippen molar-refractivity contribution in [1.82, 2.24) is 11.6 Å². The number of rotatable bonds is 6. The molecular formula is C14H30N2O7. The van der Waals surface area contributed by atoms with E-state index in [2.05, 4.69) is 0 Å².